The average Bonchev–Trinajstić information content (AvgIpc) is 3.59. The molecule has 1 saturated carbocycles. The van der Waals surface area contributed by atoms with E-state index in [1.54, 1.807) is 49.7 Å². The summed E-state index contributed by atoms with van der Waals surface area (Å²) < 4.78 is 16.6. The normalized spacial score (nSPS) is 12.8. The van der Waals surface area contributed by atoms with E-state index in [0.717, 1.165) is 12.8 Å². The first-order valence-corrected chi connectivity index (χ1v) is 10.4. The lowest BCUT2D eigenvalue weighted by Gasteiger charge is -2.13. The Kier molecular flexibility index (Phi) is 6.59. The molecule has 4 rings (SSSR count). The number of aromatic nitrogens is 1. The van der Waals surface area contributed by atoms with Gasteiger partial charge in [-0.1, -0.05) is 11.6 Å². The second-order valence-corrected chi connectivity index (χ2v) is 7.65. The fourth-order valence-corrected chi connectivity index (χ4v) is 3.26. The Bertz CT molecular complexity index is 1190. The van der Waals surface area contributed by atoms with Crippen molar-refractivity contribution in [3.63, 3.8) is 0 Å². The highest BCUT2D eigenvalue weighted by Gasteiger charge is 2.23. The molecule has 0 saturated heterocycles. The number of carbonyl (C=O) groups excluding carboxylic acids is 1. The predicted octanol–water partition coefficient (Wildman–Crippen LogP) is 4.86. The van der Waals surface area contributed by atoms with Gasteiger partial charge in [-0.15, -0.1) is 0 Å². The van der Waals surface area contributed by atoms with E-state index in [-0.39, 0.29) is 12.1 Å². The number of nitrogens with zero attached hydrogens (tertiary/aromatic N) is 2. The number of hydrogen-bond donors (Lipinski definition) is 2. The van der Waals surface area contributed by atoms with Gasteiger partial charge in [-0.25, -0.2) is 4.79 Å². The SMILES string of the molecule is COCCOc1cc2nccc(Oc3ccc(NC(=O)NC4CC4)c(Cl)c3)c2cc1C#N. The number of halogens is 1. The van der Waals surface area contributed by atoms with Crippen LogP contribution in [0.2, 0.25) is 5.02 Å². The third-order valence-corrected chi connectivity index (χ3v) is 5.11. The molecule has 3 aromatic rings. The molecule has 32 heavy (non-hydrogen) atoms. The maximum atomic E-state index is 11.9. The fraction of sp³-hybridized carbons (Fsp3) is 0.261. The first-order chi connectivity index (χ1) is 15.6. The molecule has 0 unspecified atom stereocenters. The van der Waals surface area contributed by atoms with Crippen LogP contribution in [0.3, 0.4) is 0 Å². The van der Waals surface area contributed by atoms with Crippen LogP contribution in [-0.2, 0) is 4.74 Å². The van der Waals surface area contributed by atoms with Crippen molar-refractivity contribution in [3.8, 4) is 23.3 Å². The van der Waals surface area contributed by atoms with Crippen molar-refractivity contribution in [3.05, 3.63) is 53.2 Å². The molecule has 0 atom stereocenters. The number of amides is 2. The Hall–Kier alpha value is -3.54. The summed E-state index contributed by atoms with van der Waals surface area (Å²) in [5.74, 6) is 1.43. The highest BCUT2D eigenvalue weighted by atomic mass is 35.5. The van der Waals surface area contributed by atoms with Gasteiger partial charge in [-0.05, 0) is 37.1 Å². The van der Waals surface area contributed by atoms with Gasteiger partial charge in [0.2, 0.25) is 0 Å². The van der Waals surface area contributed by atoms with Crippen LogP contribution >= 0.6 is 11.6 Å². The number of rotatable bonds is 8. The van der Waals surface area contributed by atoms with Crippen molar-refractivity contribution < 1.29 is 19.0 Å². The molecule has 1 heterocycles. The zero-order valence-electron chi connectivity index (χ0n) is 17.4. The van der Waals surface area contributed by atoms with Crippen molar-refractivity contribution >= 4 is 34.2 Å². The molecular weight excluding hydrogens is 432 g/mol. The topological polar surface area (TPSA) is 106 Å². The Balaban J connectivity index is 1.55. The summed E-state index contributed by atoms with van der Waals surface area (Å²) in [6.07, 6.45) is 3.62. The van der Waals surface area contributed by atoms with E-state index in [2.05, 4.69) is 21.7 Å². The van der Waals surface area contributed by atoms with Gasteiger partial charge in [-0.3, -0.25) is 4.98 Å². The first-order valence-electron chi connectivity index (χ1n) is 10.1. The summed E-state index contributed by atoms with van der Waals surface area (Å²) in [4.78, 5) is 16.3. The Morgan fingerprint density at radius 1 is 1.22 bits per heavy atom. The lowest BCUT2D eigenvalue weighted by Crippen LogP contribution is -2.30. The van der Waals surface area contributed by atoms with Crippen molar-refractivity contribution in [1.82, 2.24) is 10.3 Å². The number of anilines is 1. The van der Waals surface area contributed by atoms with Crippen LogP contribution in [0.15, 0.2) is 42.6 Å². The number of hydrogen-bond acceptors (Lipinski definition) is 6. The average molecular weight is 453 g/mol. The molecule has 164 valence electrons. The van der Waals surface area contributed by atoms with Crippen LogP contribution in [-0.4, -0.2) is 37.4 Å². The highest BCUT2D eigenvalue weighted by Crippen LogP contribution is 2.35. The van der Waals surface area contributed by atoms with E-state index in [1.165, 1.54) is 0 Å². The molecule has 9 heteroatoms. The van der Waals surface area contributed by atoms with E-state index >= 15 is 0 Å². The number of ether oxygens (including phenoxy) is 3. The molecule has 0 bridgehead atoms. The second kappa shape index (κ2) is 9.73. The van der Waals surface area contributed by atoms with E-state index in [4.69, 9.17) is 25.8 Å². The Morgan fingerprint density at radius 2 is 2.06 bits per heavy atom. The van der Waals surface area contributed by atoms with Gasteiger partial charge in [0, 0.05) is 36.9 Å². The van der Waals surface area contributed by atoms with Crippen LogP contribution in [0.5, 0.6) is 17.2 Å². The Labute approximate surface area is 190 Å². The molecule has 2 aromatic carbocycles. The molecule has 1 fully saturated rings. The van der Waals surface area contributed by atoms with Crippen LogP contribution in [0.1, 0.15) is 18.4 Å². The molecular formula is C23H21ClN4O4. The van der Waals surface area contributed by atoms with Crippen LogP contribution in [0.25, 0.3) is 10.9 Å². The van der Waals surface area contributed by atoms with Crippen molar-refractivity contribution in [2.45, 2.75) is 18.9 Å². The zero-order chi connectivity index (χ0) is 22.5. The number of benzene rings is 2. The minimum absolute atomic E-state index is 0.251. The van der Waals surface area contributed by atoms with Gasteiger partial charge in [0.15, 0.2) is 0 Å². The number of nitrogens with one attached hydrogen (secondary N) is 2. The number of fused-ring (bicyclic) bond motifs is 1. The van der Waals surface area contributed by atoms with E-state index in [9.17, 15) is 10.1 Å². The third-order valence-electron chi connectivity index (χ3n) is 4.80. The van der Waals surface area contributed by atoms with E-state index < -0.39 is 0 Å². The smallest absolute Gasteiger partial charge is 0.319 e. The zero-order valence-corrected chi connectivity index (χ0v) is 18.1. The van der Waals surface area contributed by atoms with Crippen LogP contribution in [0.4, 0.5) is 10.5 Å². The maximum absolute atomic E-state index is 11.9. The lowest BCUT2D eigenvalue weighted by molar-refractivity contribution is 0.146. The van der Waals surface area contributed by atoms with Gasteiger partial charge in [-0.2, -0.15) is 5.26 Å². The lowest BCUT2D eigenvalue weighted by atomic mass is 10.1. The van der Waals surface area contributed by atoms with Gasteiger partial charge >= 0.3 is 6.03 Å². The first kappa shape index (κ1) is 21.7. The fourth-order valence-electron chi connectivity index (χ4n) is 3.04. The number of urea groups is 1. The maximum Gasteiger partial charge on any atom is 0.319 e. The van der Waals surface area contributed by atoms with E-state index in [0.29, 0.717) is 57.6 Å². The molecule has 0 aliphatic heterocycles. The monoisotopic (exact) mass is 452 g/mol. The molecule has 2 amide bonds. The summed E-state index contributed by atoms with van der Waals surface area (Å²) >= 11 is 6.33. The molecule has 0 spiro atoms. The van der Waals surface area contributed by atoms with Gasteiger partial charge < -0.3 is 24.8 Å². The molecule has 2 N–H and O–H groups in total. The largest absolute Gasteiger partial charge is 0.490 e. The molecule has 0 radical (unpaired) electrons. The van der Waals surface area contributed by atoms with Crippen molar-refractivity contribution in [2.24, 2.45) is 0 Å². The number of carbonyl (C=O) groups is 1. The second-order valence-electron chi connectivity index (χ2n) is 7.24. The van der Waals surface area contributed by atoms with Crippen molar-refractivity contribution in [1.29, 1.82) is 5.26 Å². The minimum Gasteiger partial charge on any atom is -0.490 e. The summed E-state index contributed by atoms with van der Waals surface area (Å²) in [5, 5.41) is 16.1. The standard InChI is InChI=1S/C23H21ClN4O4/c1-30-8-9-31-22-12-20-17(10-14(22)13-25)21(6-7-26-20)32-16-4-5-19(18(24)11-16)28-23(29)27-15-2-3-15/h4-7,10-12,15H,2-3,8-9H2,1H3,(H2,27,28,29). The Morgan fingerprint density at radius 3 is 2.78 bits per heavy atom. The molecule has 8 nitrogen and oxygen atoms in total. The third kappa shape index (κ3) is 5.19. The molecule has 1 aromatic heterocycles. The number of pyridine rings is 1. The van der Waals surface area contributed by atoms with Gasteiger partial charge in [0.1, 0.15) is 29.9 Å². The minimum atomic E-state index is -0.282. The quantitative estimate of drug-likeness (QED) is 0.473. The summed E-state index contributed by atoms with van der Waals surface area (Å²) in [6, 6.07) is 12.2. The predicted molar refractivity (Wildman–Crippen MR) is 121 cm³/mol. The van der Waals surface area contributed by atoms with Crippen LogP contribution in [0, 0.1) is 11.3 Å². The van der Waals surface area contributed by atoms with Gasteiger partial charge in [0.25, 0.3) is 0 Å². The van der Waals surface area contributed by atoms with Crippen LogP contribution < -0.4 is 20.1 Å². The van der Waals surface area contributed by atoms with E-state index in [1.807, 2.05) is 0 Å². The van der Waals surface area contributed by atoms with Gasteiger partial charge in [0.05, 0.1) is 28.4 Å². The highest BCUT2D eigenvalue weighted by molar-refractivity contribution is 6.33. The summed E-state index contributed by atoms with van der Waals surface area (Å²) in [7, 11) is 1.58. The summed E-state index contributed by atoms with van der Waals surface area (Å²) in [5.41, 5.74) is 1.47. The van der Waals surface area contributed by atoms with Crippen molar-refractivity contribution in [2.75, 3.05) is 25.6 Å². The summed E-state index contributed by atoms with van der Waals surface area (Å²) in [6.45, 7) is 0.734. The molecule has 1 aliphatic rings. The number of nitriles is 1. The molecule has 1 aliphatic carbocycles. The number of methoxy groups -OCH3 is 1.